The number of hydrogen-bond donors (Lipinski definition) is 0. The summed E-state index contributed by atoms with van der Waals surface area (Å²) in [4.78, 5) is 0.732. The second-order valence-corrected chi connectivity index (χ2v) is 10.2. The number of halogens is 2. The quantitative estimate of drug-likeness (QED) is 0.476. The summed E-state index contributed by atoms with van der Waals surface area (Å²) < 4.78 is 37.3. The summed E-state index contributed by atoms with van der Waals surface area (Å²) in [5.41, 5.74) is -2.78. The van der Waals surface area contributed by atoms with Crippen LogP contribution in [-0.2, 0) is 16.3 Å². The van der Waals surface area contributed by atoms with E-state index in [4.69, 9.17) is 20.9 Å². The average Bonchev–Trinajstić information content (AvgIpc) is 2.50. The molecule has 0 N–H and O–H groups in total. The fourth-order valence-electron chi connectivity index (χ4n) is 1.46. The van der Waals surface area contributed by atoms with E-state index >= 15 is 0 Å². The van der Waals surface area contributed by atoms with Crippen LogP contribution < -0.4 is 4.52 Å². The molecule has 2 aromatic carbocycles. The standard InChI is InChI=1S/C15H13F2O2PS2/c1-2-11-18-20(21,19-14-7-3-12(16)4-8-14)22-15-9-5-13(17)6-10-15/h2-10H,1,11H2. The first-order chi connectivity index (χ1) is 10.5. The van der Waals surface area contributed by atoms with E-state index in [1.54, 1.807) is 18.2 Å². The molecule has 0 aromatic heterocycles. The molecule has 1 atom stereocenters. The third-order valence-corrected chi connectivity index (χ3v) is 7.07. The van der Waals surface area contributed by atoms with Gasteiger partial charge in [-0.05, 0) is 71.7 Å². The van der Waals surface area contributed by atoms with E-state index < -0.39 is 5.69 Å². The third kappa shape index (κ3) is 5.21. The maximum Gasteiger partial charge on any atom is 0.302 e. The molecule has 7 heteroatoms. The van der Waals surface area contributed by atoms with E-state index in [2.05, 4.69) is 6.58 Å². The van der Waals surface area contributed by atoms with Crippen molar-refractivity contribution in [3.63, 3.8) is 0 Å². The van der Waals surface area contributed by atoms with Crippen LogP contribution in [0.1, 0.15) is 0 Å². The number of rotatable bonds is 7. The van der Waals surface area contributed by atoms with Gasteiger partial charge >= 0.3 is 5.69 Å². The Morgan fingerprint density at radius 3 is 2.14 bits per heavy atom. The first-order valence-corrected chi connectivity index (χ1v) is 10.3. The summed E-state index contributed by atoms with van der Waals surface area (Å²) in [5, 5.41) is 0. The van der Waals surface area contributed by atoms with Gasteiger partial charge in [0.1, 0.15) is 17.4 Å². The Morgan fingerprint density at radius 2 is 1.59 bits per heavy atom. The minimum Gasteiger partial charge on any atom is -0.436 e. The lowest BCUT2D eigenvalue weighted by Crippen LogP contribution is -1.95. The summed E-state index contributed by atoms with van der Waals surface area (Å²) in [6, 6.07) is 11.4. The molecule has 0 aliphatic heterocycles. The van der Waals surface area contributed by atoms with Crippen molar-refractivity contribution in [1.82, 2.24) is 0 Å². The van der Waals surface area contributed by atoms with Crippen molar-refractivity contribution in [2.24, 2.45) is 0 Å². The van der Waals surface area contributed by atoms with E-state index in [-0.39, 0.29) is 18.2 Å². The molecule has 0 saturated carbocycles. The van der Waals surface area contributed by atoms with Gasteiger partial charge in [-0.1, -0.05) is 6.08 Å². The maximum atomic E-state index is 13.0. The summed E-state index contributed by atoms with van der Waals surface area (Å²) in [5.74, 6) is -0.272. The van der Waals surface area contributed by atoms with Crippen LogP contribution in [0.2, 0.25) is 0 Å². The van der Waals surface area contributed by atoms with Crippen LogP contribution in [0, 0.1) is 11.6 Å². The van der Waals surface area contributed by atoms with Crippen molar-refractivity contribution < 1.29 is 17.8 Å². The Bertz CT molecular complexity index is 623. The zero-order valence-electron chi connectivity index (χ0n) is 11.4. The first kappa shape index (κ1) is 17.2. The van der Waals surface area contributed by atoms with Gasteiger partial charge in [-0.15, -0.1) is 6.58 Å². The number of benzene rings is 2. The SMILES string of the molecule is C=CCOP(=S)(Oc1ccc(F)cc1)Sc1ccc(F)cc1. The highest BCUT2D eigenvalue weighted by molar-refractivity contribution is 8.68. The highest BCUT2D eigenvalue weighted by atomic mass is 32.9. The van der Waals surface area contributed by atoms with Crippen LogP contribution >= 0.6 is 17.1 Å². The predicted octanol–water partition coefficient (Wildman–Crippen LogP) is 5.56. The molecule has 0 fully saturated rings. The highest BCUT2D eigenvalue weighted by Crippen LogP contribution is 2.63. The fraction of sp³-hybridized carbons (Fsp3) is 0.0667. The normalized spacial score (nSPS) is 13.4. The summed E-state index contributed by atoms with van der Waals surface area (Å²) in [6.45, 7) is 3.81. The molecule has 1 unspecified atom stereocenters. The second kappa shape index (κ2) is 7.88. The molecule has 0 saturated heterocycles. The molecule has 0 radical (unpaired) electrons. The fourth-order valence-corrected chi connectivity index (χ4v) is 5.86. The van der Waals surface area contributed by atoms with E-state index in [1.165, 1.54) is 47.8 Å². The summed E-state index contributed by atoms with van der Waals surface area (Å²) in [6.07, 6.45) is 1.57. The van der Waals surface area contributed by atoms with Crippen LogP contribution in [-0.4, -0.2) is 6.61 Å². The predicted molar refractivity (Wildman–Crippen MR) is 89.7 cm³/mol. The Morgan fingerprint density at radius 1 is 1.05 bits per heavy atom. The van der Waals surface area contributed by atoms with Crippen LogP contribution in [0.3, 0.4) is 0 Å². The molecule has 0 bridgehead atoms. The topological polar surface area (TPSA) is 18.5 Å². The zero-order chi connectivity index (χ0) is 16.0. The lowest BCUT2D eigenvalue weighted by molar-refractivity contribution is 0.365. The van der Waals surface area contributed by atoms with Gasteiger partial charge in [-0.3, -0.25) is 0 Å². The van der Waals surface area contributed by atoms with Gasteiger partial charge in [0.05, 0.1) is 6.61 Å². The van der Waals surface area contributed by atoms with Crippen LogP contribution in [0.4, 0.5) is 8.78 Å². The highest BCUT2D eigenvalue weighted by Gasteiger charge is 2.23. The molecule has 22 heavy (non-hydrogen) atoms. The molecule has 2 aromatic rings. The average molecular weight is 358 g/mol. The number of hydrogen-bond acceptors (Lipinski definition) is 4. The smallest absolute Gasteiger partial charge is 0.302 e. The molecule has 0 aliphatic rings. The van der Waals surface area contributed by atoms with Crippen molar-refractivity contribution in [1.29, 1.82) is 0 Å². The first-order valence-electron chi connectivity index (χ1n) is 6.26. The Labute approximate surface area is 137 Å². The van der Waals surface area contributed by atoms with Crippen LogP contribution in [0.5, 0.6) is 5.75 Å². The molecule has 0 aliphatic carbocycles. The molecule has 0 spiro atoms. The lowest BCUT2D eigenvalue weighted by atomic mass is 10.3. The minimum absolute atomic E-state index is 0.229. The molecule has 2 nitrogen and oxygen atoms in total. The van der Waals surface area contributed by atoms with Gasteiger partial charge in [0.25, 0.3) is 0 Å². The largest absolute Gasteiger partial charge is 0.436 e. The maximum absolute atomic E-state index is 13.0. The van der Waals surface area contributed by atoms with Gasteiger partial charge in [0.15, 0.2) is 0 Å². The van der Waals surface area contributed by atoms with Gasteiger partial charge in [-0.25, -0.2) is 8.78 Å². The van der Waals surface area contributed by atoms with Gasteiger partial charge in [-0.2, -0.15) is 0 Å². The zero-order valence-corrected chi connectivity index (χ0v) is 14.0. The van der Waals surface area contributed by atoms with Crippen LogP contribution in [0.25, 0.3) is 0 Å². The molecular formula is C15H13F2O2PS2. The minimum atomic E-state index is -2.78. The van der Waals surface area contributed by atoms with E-state index in [0.29, 0.717) is 5.75 Å². The molecular weight excluding hydrogens is 345 g/mol. The lowest BCUT2D eigenvalue weighted by Gasteiger charge is -2.21. The van der Waals surface area contributed by atoms with Gasteiger partial charge in [0.2, 0.25) is 0 Å². The van der Waals surface area contributed by atoms with Gasteiger partial charge in [0, 0.05) is 4.90 Å². The second-order valence-electron chi connectivity index (χ2n) is 4.12. The molecule has 0 heterocycles. The Hall–Kier alpha value is -1.20. The van der Waals surface area contributed by atoms with Crippen LogP contribution in [0.15, 0.2) is 66.1 Å². The Kier molecular flexibility index (Phi) is 6.15. The van der Waals surface area contributed by atoms with Crippen molar-refractivity contribution in [3.8, 4) is 5.75 Å². The van der Waals surface area contributed by atoms with Crippen molar-refractivity contribution in [2.75, 3.05) is 6.61 Å². The van der Waals surface area contributed by atoms with Crippen molar-refractivity contribution in [3.05, 3.63) is 72.8 Å². The van der Waals surface area contributed by atoms with Gasteiger partial charge < -0.3 is 9.05 Å². The molecule has 2 rings (SSSR count). The molecule has 0 amide bonds. The monoisotopic (exact) mass is 358 g/mol. The van der Waals surface area contributed by atoms with E-state index in [9.17, 15) is 8.78 Å². The molecule has 116 valence electrons. The van der Waals surface area contributed by atoms with E-state index in [1.807, 2.05) is 0 Å². The van der Waals surface area contributed by atoms with Crippen molar-refractivity contribution >= 4 is 28.9 Å². The Balaban J connectivity index is 2.18. The summed E-state index contributed by atoms with van der Waals surface area (Å²) in [7, 11) is 0. The van der Waals surface area contributed by atoms with E-state index in [0.717, 1.165) is 4.90 Å². The third-order valence-electron chi connectivity index (χ3n) is 2.41. The van der Waals surface area contributed by atoms with Crippen molar-refractivity contribution in [2.45, 2.75) is 4.90 Å². The summed E-state index contributed by atoms with van der Waals surface area (Å²) >= 11 is 6.70.